The van der Waals surface area contributed by atoms with Crippen molar-refractivity contribution in [2.45, 2.75) is 25.9 Å². The van der Waals surface area contributed by atoms with Crippen molar-refractivity contribution in [2.24, 2.45) is 0 Å². The van der Waals surface area contributed by atoms with Crippen LogP contribution in [0.3, 0.4) is 0 Å². The van der Waals surface area contributed by atoms with Crippen LogP contribution in [0.15, 0.2) is 30.3 Å². The van der Waals surface area contributed by atoms with Crippen molar-refractivity contribution in [3.05, 3.63) is 35.9 Å². The van der Waals surface area contributed by atoms with E-state index in [1.807, 2.05) is 18.2 Å². The number of amides is 2. The quantitative estimate of drug-likeness (QED) is 0.656. The molecule has 0 aromatic heterocycles. The maximum absolute atomic E-state index is 11.5. The third kappa shape index (κ3) is 5.09. The highest BCUT2D eigenvalue weighted by molar-refractivity contribution is 5.96. The van der Waals surface area contributed by atoms with Crippen LogP contribution in [0, 0.1) is 0 Å². The first-order valence-electron chi connectivity index (χ1n) is 6.27. The van der Waals surface area contributed by atoms with Gasteiger partial charge in [0.25, 0.3) is 0 Å². The zero-order valence-electron chi connectivity index (χ0n) is 11.3. The highest BCUT2D eigenvalue weighted by Gasteiger charge is 2.23. The minimum atomic E-state index is -1.15. The van der Waals surface area contributed by atoms with Crippen molar-refractivity contribution in [2.75, 3.05) is 13.1 Å². The van der Waals surface area contributed by atoms with Gasteiger partial charge in [-0.3, -0.25) is 9.59 Å². The molecule has 1 rings (SSSR count). The van der Waals surface area contributed by atoms with E-state index in [0.29, 0.717) is 12.1 Å². The van der Waals surface area contributed by atoms with Crippen molar-refractivity contribution < 1.29 is 14.7 Å². The average Bonchev–Trinajstić information content (AvgIpc) is 2.38. The highest BCUT2D eigenvalue weighted by atomic mass is 16.3. The molecule has 2 amide bonds. The second-order valence-corrected chi connectivity index (χ2v) is 4.55. The largest absolute Gasteiger partial charge is 0.384 e. The molecule has 1 atom stereocenters. The van der Waals surface area contributed by atoms with Crippen LogP contribution in [0.1, 0.15) is 25.8 Å². The third-order valence-electron chi connectivity index (χ3n) is 2.72. The van der Waals surface area contributed by atoms with Crippen LogP contribution in [0.5, 0.6) is 0 Å². The lowest BCUT2D eigenvalue weighted by Crippen LogP contribution is -2.40. The molecule has 0 aliphatic heterocycles. The van der Waals surface area contributed by atoms with Crippen LogP contribution in [0.4, 0.5) is 0 Å². The van der Waals surface area contributed by atoms with Gasteiger partial charge in [0.2, 0.25) is 11.8 Å². The average molecular weight is 264 g/mol. The van der Waals surface area contributed by atoms with E-state index in [0.717, 1.165) is 0 Å². The van der Waals surface area contributed by atoms with Gasteiger partial charge in [0.05, 0.1) is 6.54 Å². The molecule has 1 aromatic rings. The maximum Gasteiger partial charge on any atom is 0.229 e. The van der Waals surface area contributed by atoms with Crippen LogP contribution in [-0.2, 0) is 15.2 Å². The Balaban J connectivity index is 2.47. The molecule has 5 heteroatoms. The zero-order valence-corrected chi connectivity index (χ0v) is 11.3. The lowest BCUT2D eigenvalue weighted by Gasteiger charge is -2.24. The minimum absolute atomic E-state index is 0.0647. The number of nitrogens with one attached hydrogen (secondary N) is 2. The summed E-state index contributed by atoms with van der Waals surface area (Å²) >= 11 is 0. The number of rotatable bonds is 6. The lowest BCUT2D eigenvalue weighted by atomic mass is 9.96. The summed E-state index contributed by atoms with van der Waals surface area (Å²) in [5, 5.41) is 15.4. The summed E-state index contributed by atoms with van der Waals surface area (Å²) < 4.78 is 0. The summed E-state index contributed by atoms with van der Waals surface area (Å²) in [5.41, 5.74) is -0.439. The smallest absolute Gasteiger partial charge is 0.229 e. The van der Waals surface area contributed by atoms with Crippen LogP contribution < -0.4 is 10.6 Å². The summed E-state index contributed by atoms with van der Waals surface area (Å²) in [6.45, 7) is 3.97. The van der Waals surface area contributed by atoms with Crippen LogP contribution >= 0.6 is 0 Å². The fourth-order valence-electron chi connectivity index (χ4n) is 1.64. The second kappa shape index (κ2) is 6.89. The number of hydrogen-bond donors (Lipinski definition) is 3. The monoisotopic (exact) mass is 264 g/mol. The topological polar surface area (TPSA) is 78.4 Å². The Morgan fingerprint density at radius 2 is 1.74 bits per heavy atom. The van der Waals surface area contributed by atoms with E-state index in [1.54, 1.807) is 26.0 Å². The first-order valence-corrected chi connectivity index (χ1v) is 6.27. The van der Waals surface area contributed by atoms with Gasteiger partial charge in [-0.2, -0.15) is 0 Å². The van der Waals surface area contributed by atoms with Crippen molar-refractivity contribution in [1.82, 2.24) is 10.6 Å². The molecule has 0 saturated heterocycles. The molecular weight excluding hydrogens is 244 g/mol. The molecule has 1 unspecified atom stereocenters. The fraction of sp³-hybridized carbons (Fsp3) is 0.429. The van der Waals surface area contributed by atoms with E-state index in [2.05, 4.69) is 10.6 Å². The summed E-state index contributed by atoms with van der Waals surface area (Å²) in [7, 11) is 0. The Labute approximate surface area is 113 Å². The Hall–Kier alpha value is -1.88. The molecule has 0 heterocycles. The number of carbonyl (C=O) groups is 2. The third-order valence-corrected chi connectivity index (χ3v) is 2.72. The van der Waals surface area contributed by atoms with Gasteiger partial charge >= 0.3 is 0 Å². The summed E-state index contributed by atoms with van der Waals surface area (Å²) in [6.07, 6.45) is -0.224. The van der Waals surface area contributed by atoms with Crippen molar-refractivity contribution in [1.29, 1.82) is 0 Å². The molecule has 0 aliphatic rings. The van der Waals surface area contributed by atoms with Gasteiger partial charge in [-0.05, 0) is 19.4 Å². The molecule has 0 saturated carbocycles. The zero-order chi connectivity index (χ0) is 14.3. The molecule has 0 fully saturated rings. The minimum Gasteiger partial charge on any atom is -0.384 e. The van der Waals surface area contributed by atoms with E-state index < -0.39 is 11.5 Å². The van der Waals surface area contributed by atoms with Gasteiger partial charge in [0.1, 0.15) is 12.0 Å². The van der Waals surface area contributed by atoms with E-state index >= 15 is 0 Å². The van der Waals surface area contributed by atoms with E-state index in [1.165, 1.54) is 0 Å². The van der Waals surface area contributed by atoms with Crippen molar-refractivity contribution in [3.63, 3.8) is 0 Å². The molecule has 0 spiro atoms. The van der Waals surface area contributed by atoms with Crippen molar-refractivity contribution in [3.8, 4) is 0 Å². The summed E-state index contributed by atoms with van der Waals surface area (Å²) in [5.74, 6) is -0.721. The molecule has 0 aliphatic carbocycles. The Morgan fingerprint density at radius 3 is 2.32 bits per heavy atom. The predicted octanol–water partition coefficient (Wildman–Crippen LogP) is 0.537. The Morgan fingerprint density at radius 1 is 1.16 bits per heavy atom. The van der Waals surface area contributed by atoms with Crippen LogP contribution in [-0.4, -0.2) is 30.0 Å². The molecule has 0 radical (unpaired) electrons. The summed E-state index contributed by atoms with van der Waals surface area (Å²) in [6, 6.07) is 9.07. The van der Waals surface area contributed by atoms with Gasteiger partial charge in [0, 0.05) is 6.54 Å². The van der Waals surface area contributed by atoms with Gasteiger partial charge in [0.15, 0.2) is 0 Å². The van der Waals surface area contributed by atoms with Gasteiger partial charge in [-0.25, -0.2) is 0 Å². The van der Waals surface area contributed by atoms with E-state index in [4.69, 9.17) is 0 Å². The van der Waals surface area contributed by atoms with Crippen molar-refractivity contribution >= 4 is 11.8 Å². The highest BCUT2D eigenvalue weighted by Crippen LogP contribution is 2.18. The number of aliphatic hydroxyl groups is 1. The Kier molecular flexibility index (Phi) is 5.51. The van der Waals surface area contributed by atoms with Gasteiger partial charge in [-0.1, -0.05) is 30.3 Å². The number of carbonyl (C=O) groups excluding carboxylic acids is 2. The summed E-state index contributed by atoms with van der Waals surface area (Å²) in [4.78, 5) is 22.7. The lowest BCUT2D eigenvalue weighted by molar-refractivity contribution is -0.129. The predicted molar refractivity (Wildman–Crippen MR) is 72.3 cm³/mol. The number of hydrogen-bond acceptors (Lipinski definition) is 3. The molecule has 19 heavy (non-hydrogen) atoms. The molecular formula is C14H20N2O3. The first-order chi connectivity index (χ1) is 8.95. The Bertz CT molecular complexity index is 430. The standard InChI is InChI=1S/C14H20N2O3/c1-3-15-12(17)9-13(18)16-10-14(2,19)11-7-5-4-6-8-11/h4-8,19H,3,9-10H2,1-2H3,(H,15,17)(H,16,18). The molecule has 1 aromatic carbocycles. The van der Waals surface area contributed by atoms with Crippen LogP contribution in [0.25, 0.3) is 0 Å². The van der Waals surface area contributed by atoms with E-state index in [-0.39, 0.29) is 18.9 Å². The molecule has 5 nitrogen and oxygen atoms in total. The molecule has 0 bridgehead atoms. The van der Waals surface area contributed by atoms with Crippen LogP contribution in [0.2, 0.25) is 0 Å². The second-order valence-electron chi connectivity index (χ2n) is 4.55. The maximum atomic E-state index is 11.5. The fourth-order valence-corrected chi connectivity index (χ4v) is 1.64. The number of benzene rings is 1. The first kappa shape index (κ1) is 15.2. The molecule has 3 N–H and O–H groups in total. The normalized spacial score (nSPS) is 13.4. The molecule has 104 valence electrons. The van der Waals surface area contributed by atoms with E-state index in [9.17, 15) is 14.7 Å². The SMILES string of the molecule is CCNC(=O)CC(=O)NCC(C)(O)c1ccccc1. The van der Waals surface area contributed by atoms with Gasteiger partial charge in [-0.15, -0.1) is 0 Å². The van der Waals surface area contributed by atoms with Gasteiger partial charge < -0.3 is 15.7 Å².